The van der Waals surface area contributed by atoms with Crippen molar-refractivity contribution in [2.45, 2.75) is 6.54 Å². The van der Waals surface area contributed by atoms with Crippen molar-refractivity contribution in [3.63, 3.8) is 0 Å². The second kappa shape index (κ2) is 7.82. The number of hydrogen-bond acceptors (Lipinski definition) is 4. The Morgan fingerprint density at radius 1 is 1.30 bits per heavy atom. The third kappa shape index (κ3) is 4.59. The minimum Gasteiger partial charge on any atom is -0.496 e. The molecule has 0 aliphatic heterocycles. The third-order valence-corrected chi connectivity index (χ3v) is 3.68. The number of benzene rings is 1. The molecule has 23 heavy (non-hydrogen) atoms. The summed E-state index contributed by atoms with van der Waals surface area (Å²) in [5.41, 5.74) is 1.17. The first-order valence-electron chi connectivity index (χ1n) is 6.88. The van der Waals surface area contributed by atoms with E-state index in [1.165, 1.54) is 4.90 Å². The number of nitrogens with one attached hydrogen (secondary N) is 1. The molecule has 0 aliphatic carbocycles. The van der Waals surface area contributed by atoms with Crippen molar-refractivity contribution < 1.29 is 19.1 Å². The number of aromatic nitrogens is 1. The molecule has 1 aromatic carbocycles. The molecule has 1 aromatic heterocycles. The number of likely N-dealkylation sites (N-methyl/N-ethyl adjacent to an activating group) is 1. The monoisotopic (exact) mass is 380 g/mol. The number of amides is 1. The number of para-hydroxylation sites is 1. The molecule has 0 bridgehead atoms. The number of rotatable bonds is 6. The van der Waals surface area contributed by atoms with Crippen LogP contribution in [0.3, 0.4) is 0 Å². The summed E-state index contributed by atoms with van der Waals surface area (Å²) in [5, 5.41) is 0. The Morgan fingerprint density at radius 3 is 2.70 bits per heavy atom. The van der Waals surface area contributed by atoms with E-state index in [1.54, 1.807) is 26.4 Å². The van der Waals surface area contributed by atoms with E-state index in [0.717, 1.165) is 10.0 Å². The molecule has 2 rings (SSSR count). The van der Waals surface area contributed by atoms with Gasteiger partial charge in [-0.1, -0.05) is 18.2 Å². The summed E-state index contributed by atoms with van der Waals surface area (Å²) in [6, 6.07) is 9.03. The van der Waals surface area contributed by atoms with E-state index in [4.69, 9.17) is 9.47 Å². The molecule has 1 N–H and O–H groups in total. The van der Waals surface area contributed by atoms with Crippen LogP contribution in [-0.4, -0.2) is 42.5 Å². The van der Waals surface area contributed by atoms with Crippen LogP contribution in [0.25, 0.3) is 0 Å². The molecule has 0 atom stereocenters. The van der Waals surface area contributed by atoms with Gasteiger partial charge in [0.25, 0.3) is 5.91 Å². The molecule has 122 valence electrons. The summed E-state index contributed by atoms with van der Waals surface area (Å²) < 4.78 is 11.0. The van der Waals surface area contributed by atoms with Gasteiger partial charge in [0.1, 0.15) is 11.4 Å². The Kier molecular flexibility index (Phi) is 5.81. The number of aromatic amines is 1. The van der Waals surface area contributed by atoms with Gasteiger partial charge >= 0.3 is 5.97 Å². The summed E-state index contributed by atoms with van der Waals surface area (Å²) in [6.07, 6.45) is 1.62. The van der Waals surface area contributed by atoms with Crippen molar-refractivity contribution in [3.8, 4) is 5.75 Å². The standard InChI is InChI=1S/C16H17BrN2O4/c1-19(9-11-5-3-4-6-14(11)22-2)15(20)10-23-16(21)13-7-12(17)8-18-13/h3-8,18H,9-10H2,1-2H3. The number of methoxy groups -OCH3 is 1. The van der Waals surface area contributed by atoms with Crippen LogP contribution in [0.1, 0.15) is 16.1 Å². The number of esters is 1. The highest BCUT2D eigenvalue weighted by Crippen LogP contribution is 2.18. The van der Waals surface area contributed by atoms with E-state index >= 15 is 0 Å². The number of hydrogen-bond donors (Lipinski definition) is 1. The van der Waals surface area contributed by atoms with Gasteiger partial charge in [0.05, 0.1) is 7.11 Å². The highest BCUT2D eigenvalue weighted by molar-refractivity contribution is 9.10. The van der Waals surface area contributed by atoms with Crippen LogP contribution in [-0.2, 0) is 16.1 Å². The molecule has 0 aliphatic rings. The van der Waals surface area contributed by atoms with Crippen molar-refractivity contribution >= 4 is 27.8 Å². The van der Waals surface area contributed by atoms with Gasteiger partial charge in [-0.25, -0.2) is 4.79 Å². The van der Waals surface area contributed by atoms with Crippen molar-refractivity contribution in [2.75, 3.05) is 20.8 Å². The molecule has 1 amide bonds. The van der Waals surface area contributed by atoms with Gasteiger partial charge in [0.15, 0.2) is 6.61 Å². The zero-order chi connectivity index (χ0) is 16.8. The SMILES string of the molecule is COc1ccccc1CN(C)C(=O)COC(=O)c1cc(Br)c[nH]1. The largest absolute Gasteiger partial charge is 0.496 e. The van der Waals surface area contributed by atoms with E-state index < -0.39 is 5.97 Å². The van der Waals surface area contributed by atoms with Crippen molar-refractivity contribution in [1.82, 2.24) is 9.88 Å². The Balaban J connectivity index is 1.89. The molecular weight excluding hydrogens is 364 g/mol. The molecule has 7 heteroatoms. The molecular formula is C16H17BrN2O4. The smallest absolute Gasteiger partial charge is 0.355 e. The van der Waals surface area contributed by atoms with Crippen LogP contribution in [0.5, 0.6) is 5.75 Å². The van der Waals surface area contributed by atoms with E-state index in [0.29, 0.717) is 12.3 Å². The summed E-state index contributed by atoms with van der Waals surface area (Å²) in [4.78, 5) is 28.1. The average molecular weight is 381 g/mol. The van der Waals surface area contributed by atoms with Crippen LogP contribution in [0.15, 0.2) is 41.0 Å². The summed E-state index contributed by atoms with van der Waals surface area (Å²) in [6.45, 7) is 0.0512. The third-order valence-electron chi connectivity index (χ3n) is 3.22. The number of ether oxygens (including phenoxy) is 2. The normalized spacial score (nSPS) is 10.2. The lowest BCUT2D eigenvalue weighted by molar-refractivity contribution is -0.133. The first kappa shape index (κ1) is 17.1. The maximum absolute atomic E-state index is 12.1. The summed E-state index contributed by atoms with van der Waals surface area (Å²) in [7, 11) is 3.23. The highest BCUT2D eigenvalue weighted by Gasteiger charge is 2.16. The first-order chi connectivity index (χ1) is 11.0. The molecule has 0 saturated carbocycles. The fourth-order valence-corrected chi connectivity index (χ4v) is 2.32. The van der Waals surface area contributed by atoms with E-state index in [-0.39, 0.29) is 18.2 Å². The van der Waals surface area contributed by atoms with Gasteiger partial charge in [-0.05, 0) is 28.1 Å². The zero-order valence-corrected chi connectivity index (χ0v) is 14.4. The fraction of sp³-hybridized carbons (Fsp3) is 0.250. The lowest BCUT2D eigenvalue weighted by Gasteiger charge is -2.18. The molecule has 0 spiro atoms. The molecule has 0 unspecified atom stereocenters. The topological polar surface area (TPSA) is 71.6 Å². The molecule has 2 aromatic rings. The quantitative estimate of drug-likeness (QED) is 0.781. The second-order valence-corrected chi connectivity index (χ2v) is 5.79. The maximum Gasteiger partial charge on any atom is 0.355 e. The van der Waals surface area contributed by atoms with Gasteiger partial charge in [0, 0.05) is 29.8 Å². The predicted molar refractivity (Wildman–Crippen MR) is 88.2 cm³/mol. The number of halogens is 1. The number of nitrogens with zero attached hydrogens (tertiary/aromatic N) is 1. The van der Waals surface area contributed by atoms with Gasteiger partial charge in [-0.15, -0.1) is 0 Å². The van der Waals surface area contributed by atoms with Gasteiger partial charge in [-0.3, -0.25) is 4.79 Å². The van der Waals surface area contributed by atoms with Crippen molar-refractivity contribution in [1.29, 1.82) is 0 Å². The molecule has 0 radical (unpaired) electrons. The van der Waals surface area contributed by atoms with Crippen LogP contribution < -0.4 is 4.74 Å². The molecule has 0 fully saturated rings. The molecule has 0 saturated heterocycles. The predicted octanol–water partition coefficient (Wildman–Crippen LogP) is 2.60. The van der Waals surface area contributed by atoms with Crippen molar-refractivity contribution in [2.24, 2.45) is 0 Å². The maximum atomic E-state index is 12.1. The van der Waals surface area contributed by atoms with E-state index in [9.17, 15) is 9.59 Å². The van der Waals surface area contributed by atoms with Crippen LogP contribution >= 0.6 is 15.9 Å². The van der Waals surface area contributed by atoms with Gasteiger partial charge < -0.3 is 19.4 Å². The Labute approximate surface area is 142 Å². The Hall–Kier alpha value is -2.28. The highest BCUT2D eigenvalue weighted by atomic mass is 79.9. The molecule has 6 nitrogen and oxygen atoms in total. The van der Waals surface area contributed by atoms with E-state index in [2.05, 4.69) is 20.9 Å². The van der Waals surface area contributed by atoms with Crippen LogP contribution in [0.2, 0.25) is 0 Å². The van der Waals surface area contributed by atoms with Crippen molar-refractivity contribution in [3.05, 3.63) is 52.3 Å². The lowest BCUT2D eigenvalue weighted by Crippen LogP contribution is -2.31. The number of carbonyl (C=O) groups excluding carboxylic acids is 2. The summed E-state index contributed by atoms with van der Waals surface area (Å²) in [5.74, 6) is -0.162. The Morgan fingerprint density at radius 2 is 2.04 bits per heavy atom. The van der Waals surface area contributed by atoms with E-state index in [1.807, 2.05) is 24.3 Å². The number of carbonyl (C=O) groups is 2. The number of H-pyrrole nitrogens is 1. The fourth-order valence-electron chi connectivity index (χ4n) is 1.98. The zero-order valence-electron chi connectivity index (χ0n) is 12.8. The van der Waals surface area contributed by atoms with Gasteiger partial charge in [-0.2, -0.15) is 0 Å². The molecule has 1 heterocycles. The second-order valence-electron chi connectivity index (χ2n) is 4.87. The first-order valence-corrected chi connectivity index (χ1v) is 7.67. The minimum atomic E-state index is -0.574. The lowest BCUT2D eigenvalue weighted by atomic mass is 10.2. The van der Waals surface area contributed by atoms with Crippen LogP contribution in [0, 0.1) is 0 Å². The minimum absolute atomic E-state index is 0.289. The Bertz CT molecular complexity index is 699. The van der Waals surface area contributed by atoms with Gasteiger partial charge in [0.2, 0.25) is 0 Å². The average Bonchev–Trinajstić information content (AvgIpc) is 2.99. The van der Waals surface area contributed by atoms with Crippen LogP contribution in [0.4, 0.5) is 0 Å². The summed E-state index contributed by atoms with van der Waals surface area (Å²) >= 11 is 3.23.